The van der Waals surface area contributed by atoms with Crippen molar-refractivity contribution >= 4 is 41.4 Å². The van der Waals surface area contributed by atoms with Gasteiger partial charge >= 0.3 is 0 Å². The zero-order valence-electron chi connectivity index (χ0n) is 34.4. The number of rotatable bonds is 9. The predicted molar refractivity (Wildman–Crippen MR) is 259 cm³/mol. The van der Waals surface area contributed by atoms with Gasteiger partial charge in [0.15, 0.2) is 0 Å². The fourth-order valence-corrected chi connectivity index (χ4v) is 12.8. The molecule has 0 spiro atoms. The van der Waals surface area contributed by atoms with Gasteiger partial charge < -0.3 is 4.90 Å². The number of benzene rings is 9. The van der Waals surface area contributed by atoms with Crippen LogP contribution in [0.1, 0.15) is 30.5 Å². The number of anilines is 3. The summed E-state index contributed by atoms with van der Waals surface area (Å²) in [5.74, 6) is 0. The lowest BCUT2D eigenvalue weighted by Gasteiger charge is -2.29. The smallest absolute Gasteiger partial charge is 0.133 e. The van der Waals surface area contributed by atoms with E-state index in [0.29, 0.717) is 0 Å². The maximum Gasteiger partial charge on any atom is 0.133 e. The molecule has 10 rings (SSSR count). The van der Waals surface area contributed by atoms with Crippen molar-refractivity contribution in [2.75, 3.05) is 4.90 Å². The van der Waals surface area contributed by atoms with E-state index in [1.165, 1.54) is 76.8 Å². The van der Waals surface area contributed by atoms with Crippen LogP contribution < -0.4 is 20.5 Å². The summed E-state index contributed by atoms with van der Waals surface area (Å²) < 4.78 is 0. The second-order valence-corrected chi connectivity index (χ2v) is 19.4. The summed E-state index contributed by atoms with van der Waals surface area (Å²) in [6, 6.07) is 83.2. The molecule has 60 heavy (non-hydrogen) atoms. The summed E-state index contributed by atoms with van der Waals surface area (Å²) in [6.45, 7) is 6.98. The van der Waals surface area contributed by atoms with Crippen LogP contribution in [0.2, 0.25) is 0 Å². The molecule has 0 saturated heterocycles. The predicted octanol–water partition coefficient (Wildman–Crippen LogP) is 13.0. The molecule has 0 atom stereocenters. The summed E-state index contributed by atoms with van der Waals surface area (Å²) in [5, 5.41) is 4.26. The molecule has 0 saturated carbocycles. The van der Waals surface area contributed by atoms with Crippen LogP contribution in [-0.4, -0.2) is 8.80 Å². The highest BCUT2D eigenvalue weighted by Crippen LogP contribution is 2.51. The molecule has 0 aliphatic heterocycles. The van der Waals surface area contributed by atoms with Gasteiger partial charge in [0.05, 0.1) is 0 Å². The molecule has 288 valence electrons. The molecular formula is C58H47NSi. The van der Waals surface area contributed by atoms with Gasteiger partial charge in [-0.05, 0) is 110 Å². The lowest BCUT2D eigenvalue weighted by atomic mass is 9.82. The van der Waals surface area contributed by atoms with Crippen molar-refractivity contribution in [2.45, 2.75) is 26.2 Å². The van der Waals surface area contributed by atoms with E-state index >= 15 is 0 Å². The molecule has 0 heterocycles. The summed E-state index contributed by atoms with van der Waals surface area (Å²) in [5.41, 5.74) is 17.4. The number of hydrogen-bond donors (Lipinski definition) is 0. The second-order valence-electron chi connectivity index (χ2n) is 16.5. The molecule has 0 unspecified atom stereocenters. The summed E-state index contributed by atoms with van der Waals surface area (Å²) >= 11 is 0. The molecule has 1 aliphatic rings. The van der Waals surface area contributed by atoms with Gasteiger partial charge in [0, 0.05) is 22.5 Å². The quantitative estimate of drug-likeness (QED) is 0.104. The zero-order chi connectivity index (χ0) is 40.6. The van der Waals surface area contributed by atoms with E-state index in [1.807, 2.05) is 0 Å². The number of hydrogen-bond acceptors (Lipinski definition) is 1. The average Bonchev–Trinajstić information content (AvgIpc) is 3.53. The fourth-order valence-electron chi connectivity index (χ4n) is 9.57. The molecular weight excluding hydrogens is 739 g/mol. The second kappa shape index (κ2) is 15.6. The van der Waals surface area contributed by atoms with E-state index in [0.717, 1.165) is 17.1 Å². The molecule has 0 bridgehead atoms. The Morgan fingerprint density at radius 1 is 0.367 bits per heavy atom. The molecule has 0 aromatic heterocycles. The van der Waals surface area contributed by atoms with Gasteiger partial charge in [0.25, 0.3) is 0 Å². The van der Waals surface area contributed by atoms with Crippen LogP contribution in [-0.2, 0) is 5.41 Å². The Morgan fingerprint density at radius 3 is 1.58 bits per heavy atom. The highest BCUT2D eigenvalue weighted by molar-refractivity contribution is 6.96. The van der Waals surface area contributed by atoms with Crippen LogP contribution in [0.25, 0.3) is 44.5 Å². The Morgan fingerprint density at radius 2 is 0.883 bits per heavy atom. The summed E-state index contributed by atoms with van der Waals surface area (Å²) in [7, 11) is -1.91. The standard InChI is InChI=1S/C58H47NSi/c1-41-19-13-14-28-50(41)57-51(30-18-32-56(57)60(48-24-9-5-10-25-48)49-26-11-6-12-27-49)44-22-17-23-46(39-44)59(45-35-33-43(34-36-45)42-20-7-4-8-21-42)47-37-38-53-52-29-15-16-31-54(52)58(2,3)55(53)40-47/h4-40,60H,1-3H3. The zero-order valence-corrected chi connectivity index (χ0v) is 35.5. The van der Waals surface area contributed by atoms with Crippen molar-refractivity contribution in [1.29, 1.82) is 0 Å². The van der Waals surface area contributed by atoms with Crippen molar-refractivity contribution in [3.8, 4) is 44.5 Å². The van der Waals surface area contributed by atoms with Crippen LogP contribution >= 0.6 is 0 Å². The van der Waals surface area contributed by atoms with Crippen LogP contribution in [0.5, 0.6) is 0 Å². The van der Waals surface area contributed by atoms with Crippen molar-refractivity contribution in [2.24, 2.45) is 0 Å². The molecule has 0 fully saturated rings. The minimum absolute atomic E-state index is 0.118. The maximum atomic E-state index is 2.44. The lowest BCUT2D eigenvalue weighted by molar-refractivity contribution is 0.660. The molecule has 9 aromatic rings. The largest absolute Gasteiger partial charge is 0.310 e. The number of nitrogens with zero attached hydrogens (tertiary/aromatic N) is 1. The van der Waals surface area contributed by atoms with Crippen LogP contribution in [0, 0.1) is 6.92 Å². The molecule has 2 heteroatoms. The van der Waals surface area contributed by atoms with Gasteiger partial charge in [-0.1, -0.05) is 212 Å². The van der Waals surface area contributed by atoms with E-state index in [-0.39, 0.29) is 5.41 Å². The van der Waals surface area contributed by atoms with E-state index in [1.54, 1.807) is 0 Å². The fraction of sp³-hybridized carbons (Fsp3) is 0.0690. The SMILES string of the molecule is Cc1ccccc1-c1c(-c2cccc(N(c3ccc(-c4ccccc4)cc3)c3ccc4c(c3)C(C)(C)c3ccccc3-4)c2)cccc1[SiH](c1ccccc1)c1ccccc1. The third kappa shape index (κ3) is 6.69. The van der Waals surface area contributed by atoms with Crippen LogP contribution in [0.4, 0.5) is 17.1 Å². The van der Waals surface area contributed by atoms with E-state index < -0.39 is 8.80 Å². The Hall–Kier alpha value is -7.00. The molecule has 0 N–H and O–H groups in total. The topological polar surface area (TPSA) is 3.24 Å². The molecule has 9 aromatic carbocycles. The first-order valence-electron chi connectivity index (χ1n) is 21.0. The van der Waals surface area contributed by atoms with Crippen LogP contribution in [0.3, 0.4) is 0 Å². The highest BCUT2D eigenvalue weighted by atomic mass is 28.3. The Balaban J connectivity index is 1.17. The molecule has 1 nitrogen and oxygen atoms in total. The van der Waals surface area contributed by atoms with Gasteiger partial charge in [-0.2, -0.15) is 0 Å². The van der Waals surface area contributed by atoms with Crippen molar-refractivity contribution in [3.05, 3.63) is 241 Å². The first kappa shape index (κ1) is 37.3. The van der Waals surface area contributed by atoms with Gasteiger partial charge in [-0.15, -0.1) is 0 Å². The first-order chi connectivity index (χ1) is 29.5. The Bertz CT molecular complexity index is 2910. The minimum Gasteiger partial charge on any atom is -0.310 e. The summed E-state index contributed by atoms with van der Waals surface area (Å²) in [6.07, 6.45) is 0. The van der Waals surface area contributed by atoms with E-state index in [9.17, 15) is 0 Å². The summed E-state index contributed by atoms with van der Waals surface area (Å²) in [4.78, 5) is 2.44. The van der Waals surface area contributed by atoms with Crippen molar-refractivity contribution in [3.63, 3.8) is 0 Å². The van der Waals surface area contributed by atoms with Gasteiger partial charge in [-0.25, -0.2) is 0 Å². The first-order valence-corrected chi connectivity index (χ1v) is 22.8. The van der Waals surface area contributed by atoms with E-state index in [2.05, 4.69) is 250 Å². The molecule has 1 aliphatic carbocycles. The minimum atomic E-state index is -1.91. The monoisotopic (exact) mass is 785 g/mol. The average molecular weight is 786 g/mol. The maximum absolute atomic E-state index is 2.44. The number of aryl methyl sites for hydroxylation is 1. The third-order valence-corrected chi connectivity index (χ3v) is 15.8. The van der Waals surface area contributed by atoms with Crippen LogP contribution in [0.15, 0.2) is 224 Å². The molecule has 0 amide bonds. The highest BCUT2D eigenvalue weighted by Gasteiger charge is 2.36. The molecule has 0 radical (unpaired) electrons. The van der Waals surface area contributed by atoms with Gasteiger partial charge in [-0.3, -0.25) is 0 Å². The normalized spacial score (nSPS) is 12.5. The van der Waals surface area contributed by atoms with Crippen molar-refractivity contribution in [1.82, 2.24) is 0 Å². The lowest BCUT2D eigenvalue weighted by Crippen LogP contribution is -2.52. The Labute approximate surface area is 356 Å². The van der Waals surface area contributed by atoms with E-state index in [4.69, 9.17) is 0 Å². The Kier molecular flexibility index (Phi) is 9.71. The van der Waals surface area contributed by atoms with Crippen molar-refractivity contribution < 1.29 is 0 Å². The van der Waals surface area contributed by atoms with Gasteiger partial charge in [0.2, 0.25) is 0 Å². The third-order valence-electron chi connectivity index (χ3n) is 12.6. The number of fused-ring (bicyclic) bond motifs is 3. The van der Waals surface area contributed by atoms with Gasteiger partial charge in [0.1, 0.15) is 8.80 Å².